The summed E-state index contributed by atoms with van der Waals surface area (Å²) in [6.45, 7) is 5.25. The molecule has 0 radical (unpaired) electrons. The Morgan fingerprint density at radius 2 is 1.96 bits per heavy atom. The van der Waals surface area contributed by atoms with Crippen LogP contribution in [0.2, 0.25) is 0 Å². The van der Waals surface area contributed by atoms with Crippen molar-refractivity contribution in [2.45, 2.75) is 39.8 Å². The van der Waals surface area contributed by atoms with E-state index in [0.717, 1.165) is 34.5 Å². The van der Waals surface area contributed by atoms with Gasteiger partial charge in [-0.05, 0) is 41.8 Å². The molecule has 0 aliphatic carbocycles. The molecule has 0 saturated carbocycles. The number of rotatable bonds is 7. The van der Waals surface area contributed by atoms with E-state index in [9.17, 15) is 4.79 Å². The van der Waals surface area contributed by atoms with Crippen LogP contribution < -0.4 is 5.32 Å². The zero-order chi connectivity index (χ0) is 18.5. The zero-order valence-electron chi connectivity index (χ0n) is 14.9. The van der Waals surface area contributed by atoms with E-state index in [-0.39, 0.29) is 5.91 Å². The summed E-state index contributed by atoms with van der Waals surface area (Å²) in [6, 6.07) is 10.3. The van der Waals surface area contributed by atoms with E-state index in [1.807, 2.05) is 47.6 Å². The highest BCUT2D eigenvalue weighted by Crippen LogP contribution is 2.20. The molecule has 0 saturated heterocycles. The van der Waals surface area contributed by atoms with E-state index in [1.165, 1.54) is 5.56 Å². The summed E-state index contributed by atoms with van der Waals surface area (Å²) in [5, 5.41) is 11.6. The first kappa shape index (κ1) is 18.4. The number of hydrogen-bond donors (Lipinski definition) is 1. The molecule has 0 bridgehead atoms. The first-order valence-electron chi connectivity index (χ1n) is 8.58. The Morgan fingerprint density at radius 1 is 1.19 bits per heavy atom. The van der Waals surface area contributed by atoms with Crippen molar-refractivity contribution in [1.29, 1.82) is 0 Å². The summed E-state index contributed by atoms with van der Waals surface area (Å²) in [4.78, 5) is 12.2. The van der Waals surface area contributed by atoms with Gasteiger partial charge in [-0.15, -0.1) is 0 Å². The SMILES string of the molecule is Cc1nn(CCC(=O)Nc2cnn(CCc3ccccc3)c2)c(C)c1Br. The van der Waals surface area contributed by atoms with Crippen LogP contribution in [0.25, 0.3) is 0 Å². The topological polar surface area (TPSA) is 64.7 Å². The van der Waals surface area contributed by atoms with Gasteiger partial charge >= 0.3 is 0 Å². The van der Waals surface area contributed by atoms with Crippen LogP contribution in [0, 0.1) is 13.8 Å². The number of carbonyl (C=O) groups is 1. The van der Waals surface area contributed by atoms with Crippen molar-refractivity contribution in [2.75, 3.05) is 5.32 Å². The van der Waals surface area contributed by atoms with Crippen molar-refractivity contribution < 1.29 is 4.79 Å². The average molecular weight is 416 g/mol. The van der Waals surface area contributed by atoms with Gasteiger partial charge in [-0.3, -0.25) is 14.2 Å². The predicted octanol–water partition coefficient (Wildman–Crippen LogP) is 3.73. The molecule has 0 fully saturated rings. The van der Waals surface area contributed by atoms with Gasteiger partial charge in [-0.1, -0.05) is 30.3 Å². The van der Waals surface area contributed by atoms with E-state index in [2.05, 4.69) is 43.6 Å². The molecule has 0 aliphatic rings. The van der Waals surface area contributed by atoms with Crippen LogP contribution in [0.1, 0.15) is 23.4 Å². The third-order valence-corrected chi connectivity index (χ3v) is 5.38. The summed E-state index contributed by atoms with van der Waals surface area (Å²) in [5.74, 6) is -0.0451. The zero-order valence-corrected chi connectivity index (χ0v) is 16.5. The summed E-state index contributed by atoms with van der Waals surface area (Å²) < 4.78 is 4.70. The molecule has 2 heterocycles. The Bertz CT molecular complexity index is 885. The standard InChI is InChI=1S/C19H22BrN5O/c1-14-19(20)15(2)25(23-14)11-9-18(26)22-17-12-21-24(13-17)10-8-16-6-4-3-5-7-16/h3-7,12-13H,8-11H2,1-2H3,(H,22,26). The lowest BCUT2D eigenvalue weighted by Gasteiger charge is -2.05. The molecule has 2 aromatic heterocycles. The summed E-state index contributed by atoms with van der Waals surface area (Å²) >= 11 is 3.50. The van der Waals surface area contributed by atoms with Gasteiger partial charge in [0.05, 0.1) is 28.6 Å². The molecule has 6 nitrogen and oxygen atoms in total. The van der Waals surface area contributed by atoms with Crippen molar-refractivity contribution in [3.05, 3.63) is 64.1 Å². The number of nitrogens with one attached hydrogen (secondary N) is 1. The highest BCUT2D eigenvalue weighted by atomic mass is 79.9. The molecule has 136 valence electrons. The Labute approximate surface area is 161 Å². The number of carbonyl (C=O) groups excluding carboxylic acids is 1. The Morgan fingerprint density at radius 3 is 2.65 bits per heavy atom. The lowest BCUT2D eigenvalue weighted by Crippen LogP contribution is -2.15. The van der Waals surface area contributed by atoms with Gasteiger partial charge in [0.15, 0.2) is 0 Å². The van der Waals surface area contributed by atoms with E-state index in [4.69, 9.17) is 0 Å². The van der Waals surface area contributed by atoms with Crippen LogP contribution in [0.15, 0.2) is 47.2 Å². The molecule has 0 unspecified atom stereocenters. The van der Waals surface area contributed by atoms with Crippen LogP contribution in [0.3, 0.4) is 0 Å². The van der Waals surface area contributed by atoms with Crippen LogP contribution in [0.5, 0.6) is 0 Å². The van der Waals surface area contributed by atoms with Gasteiger partial charge in [0, 0.05) is 24.9 Å². The van der Waals surface area contributed by atoms with Crippen LogP contribution >= 0.6 is 15.9 Å². The maximum atomic E-state index is 12.2. The van der Waals surface area contributed by atoms with Crippen molar-refractivity contribution >= 4 is 27.5 Å². The lowest BCUT2D eigenvalue weighted by molar-refractivity contribution is -0.116. The molecule has 1 amide bonds. The van der Waals surface area contributed by atoms with E-state index in [0.29, 0.717) is 13.0 Å². The average Bonchev–Trinajstić information content (AvgIpc) is 3.19. The normalized spacial score (nSPS) is 10.9. The quantitative estimate of drug-likeness (QED) is 0.639. The molecule has 0 atom stereocenters. The summed E-state index contributed by atoms with van der Waals surface area (Å²) in [7, 11) is 0. The Hall–Kier alpha value is -2.41. The minimum atomic E-state index is -0.0451. The molecule has 0 aliphatic heterocycles. The number of halogens is 1. The smallest absolute Gasteiger partial charge is 0.226 e. The van der Waals surface area contributed by atoms with Gasteiger partial charge in [-0.2, -0.15) is 10.2 Å². The molecule has 7 heteroatoms. The molecule has 26 heavy (non-hydrogen) atoms. The summed E-state index contributed by atoms with van der Waals surface area (Å²) in [6.07, 6.45) is 4.82. The number of aryl methyl sites for hydroxylation is 4. The lowest BCUT2D eigenvalue weighted by atomic mass is 10.1. The molecular weight excluding hydrogens is 394 g/mol. The van der Waals surface area contributed by atoms with E-state index in [1.54, 1.807) is 6.20 Å². The number of nitrogens with zero attached hydrogens (tertiary/aromatic N) is 4. The Balaban J connectivity index is 1.49. The van der Waals surface area contributed by atoms with E-state index >= 15 is 0 Å². The van der Waals surface area contributed by atoms with Crippen molar-refractivity contribution in [1.82, 2.24) is 19.6 Å². The molecule has 1 N–H and O–H groups in total. The predicted molar refractivity (Wildman–Crippen MR) is 105 cm³/mol. The van der Waals surface area contributed by atoms with Crippen LogP contribution in [0.4, 0.5) is 5.69 Å². The van der Waals surface area contributed by atoms with Crippen molar-refractivity contribution in [2.24, 2.45) is 0 Å². The molecule has 1 aromatic carbocycles. The fourth-order valence-electron chi connectivity index (χ4n) is 2.76. The van der Waals surface area contributed by atoms with Gasteiger partial charge in [-0.25, -0.2) is 0 Å². The second kappa shape index (κ2) is 8.31. The van der Waals surface area contributed by atoms with Crippen molar-refractivity contribution in [3.8, 4) is 0 Å². The first-order chi connectivity index (χ1) is 12.5. The minimum Gasteiger partial charge on any atom is -0.323 e. The van der Waals surface area contributed by atoms with Gasteiger partial charge < -0.3 is 5.32 Å². The van der Waals surface area contributed by atoms with Crippen LogP contribution in [-0.2, 0) is 24.3 Å². The first-order valence-corrected chi connectivity index (χ1v) is 9.38. The number of benzene rings is 1. The second-order valence-electron chi connectivity index (χ2n) is 6.23. The molecular formula is C19H22BrN5O. The summed E-state index contributed by atoms with van der Waals surface area (Å²) in [5.41, 5.74) is 3.95. The highest BCUT2D eigenvalue weighted by Gasteiger charge is 2.11. The Kier molecular flexibility index (Phi) is 5.88. The minimum absolute atomic E-state index is 0.0451. The van der Waals surface area contributed by atoms with Gasteiger partial charge in [0.25, 0.3) is 0 Å². The fraction of sp³-hybridized carbons (Fsp3) is 0.316. The number of hydrogen-bond acceptors (Lipinski definition) is 3. The third-order valence-electron chi connectivity index (χ3n) is 4.23. The molecule has 0 spiro atoms. The van der Waals surface area contributed by atoms with E-state index < -0.39 is 0 Å². The number of aromatic nitrogens is 4. The second-order valence-corrected chi connectivity index (χ2v) is 7.03. The molecule has 3 aromatic rings. The third kappa shape index (κ3) is 4.60. The maximum absolute atomic E-state index is 12.2. The van der Waals surface area contributed by atoms with Crippen molar-refractivity contribution in [3.63, 3.8) is 0 Å². The van der Waals surface area contributed by atoms with Crippen LogP contribution in [-0.4, -0.2) is 25.5 Å². The van der Waals surface area contributed by atoms with Gasteiger partial charge in [0.2, 0.25) is 5.91 Å². The number of amides is 1. The fourth-order valence-corrected chi connectivity index (χ4v) is 3.05. The number of anilines is 1. The van der Waals surface area contributed by atoms with Gasteiger partial charge in [0.1, 0.15) is 0 Å². The molecule has 3 rings (SSSR count). The maximum Gasteiger partial charge on any atom is 0.226 e. The highest BCUT2D eigenvalue weighted by molar-refractivity contribution is 9.10. The monoisotopic (exact) mass is 415 g/mol. The largest absolute Gasteiger partial charge is 0.323 e.